The highest BCUT2D eigenvalue weighted by atomic mass is 32.1. The van der Waals surface area contributed by atoms with Crippen molar-refractivity contribution in [2.45, 2.75) is 57.2 Å². The van der Waals surface area contributed by atoms with E-state index in [1.165, 1.54) is 24.4 Å². The zero-order valence-electron chi connectivity index (χ0n) is 13.7. The summed E-state index contributed by atoms with van der Waals surface area (Å²) >= 11 is 1.20. The molecule has 1 saturated carbocycles. The third-order valence-corrected chi connectivity index (χ3v) is 6.22. The van der Waals surface area contributed by atoms with Crippen molar-refractivity contribution < 1.29 is 9.53 Å². The second-order valence-corrected chi connectivity index (χ2v) is 7.92. The fourth-order valence-corrected chi connectivity index (χ4v) is 5.02. The third-order valence-electron chi connectivity index (χ3n) is 5.48. The van der Waals surface area contributed by atoms with Crippen LogP contribution in [0.15, 0.2) is 0 Å². The molecule has 1 amide bonds. The number of nitrogens with zero attached hydrogens (tertiary/aromatic N) is 3. The summed E-state index contributed by atoms with van der Waals surface area (Å²) in [4.78, 5) is 15.9. The van der Waals surface area contributed by atoms with Gasteiger partial charge in [0.1, 0.15) is 4.88 Å². The summed E-state index contributed by atoms with van der Waals surface area (Å²) in [6.07, 6.45) is 3.87. The van der Waals surface area contributed by atoms with Crippen LogP contribution in [0, 0.1) is 5.92 Å². The highest BCUT2D eigenvalue weighted by Gasteiger charge is 2.57. The average Bonchev–Trinajstić information content (AvgIpc) is 3.25. The summed E-state index contributed by atoms with van der Waals surface area (Å²) in [5.74, 6) is 0.670. The number of likely N-dealkylation sites (tertiary alicyclic amines) is 1. The van der Waals surface area contributed by atoms with Gasteiger partial charge in [-0.15, -0.1) is 5.10 Å². The summed E-state index contributed by atoms with van der Waals surface area (Å²) < 4.78 is 9.90. The van der Waals surface area contributed by atoms with Crippen molar-refractivity contribution in [3.05, 3.63) is 10.6 Å². The molecule has 4 unspecified atom stereocenters. The molecule has 1 aliphatic carbocycles. The molecule has 1 aromatic heterocycles. The van der Waals surface area contributed by atoms with Crippen LogP contribution in [0.4, 0.5) is 0 Å². The van der Waals surface area contributed by atoms with Gasteiger partial charge in [0.25, 0.3) is 5.91 Å². The maximum atomic E-state index is 12.7. The molecule has 0 spiro atoms. The quantitative estimate of drug-likeness (QED) is 0.905. The molecular weight excluding hydrogens is 312 g/mol. The smallest absolute Gasteiger partial charge is 0.265 e. The van der Waals surface area contributed by atoms with E-state index in [9.17, 15) is 4.79 Å². The van der Waals surface area contributed by atoms with Gasteiger partial charge in [-0.05, 0) is 49.8 Å². The van der Waals surface area contributed by atoms with E-state index >= 15 is 0 Å². The Bertz CT molecular complexity index is 580. The molecule has 3 heterocycles. The van der Waals surface area contributed by atoms with Crippen LogP contribution < -0.4 is 5.32 Å². The first-order valence-corrected chi connectivity index (χ1v) is 9.43. The molecule has 4 atom stereocenters. The first-order valence-electron chi connectivity index (χ1n) is 8.65. The SMILES string of the molecule is CC(C)c1nnsc1C(=O)NC1C2CCOC2C1N1CCCC1. The van der Waals surface area contributed by atoms with E-state index in [2.05, 4.69) is 19.8 Å². The summed E-state index contributed by atoms with van der Waals surface area (Å²) in [6, 6.07) is 0.549. The molecule has 3 fully saturated rings. The Morgan fingerprint density at radius 2 is 2.17 bits per heavy atom. The van der Waals surface area contributed by atoms with Gasteiger partial charge in [-0.3, -0.25) is 9.69 Å². The van der Waals surface area contributed by atoms with Gasteiger partial charge in [-0.1, -0.05) is 18.3 Å². The second-order valence-electron chi connectivity index (χ2n) is 7.16. The van der Waals surface area contributed by atoms with Gasteiger partial charge < -0.3 is 10.1 Å². The molecule has 0 radical (unpaired) electrons. The minimum absolute atomic E-state index is 0.0109. The topological polar surface area (TPSA) is 67.3 Å². The Balaban J connectivity index is 1.50. The average molecular weight is 336 g/mol. The van der Waals surface area contributed by atoms with Gasteiger partial charge in [-0.25, -0.2) is 0 Å². The van der Waals surface area contributed by atoms with Crippen LogP contribution in [0.5, 0.6) is 0 Å². The first-order chi connectivity index (χ1) is 11.2. The van der Waals surface area contributed by atoms with Gasteiger partial charge in [0, 0.05) is 12.5 Å². The Morgan fingerprint density at radius 3 is 2.91 bits per heavy atom. The van der Waals surface area contributed by atoms with E-state index < -0.39 is 0 Å². The number of amides is 1. The van der Waals surface area contributed by atoms with Gasteiger partial charge in [0.05, 0.1) is 23.9 Å². The van der Waals surface area contributed by atoms with Crippen LogP contribution in [-0.4, -0.2) is 58.3 Å². The highest BCUT2D eigenvalue weighted by Crippen LogP contribution is 2.43. The number of carbonyl (C=O) groups is 1. The molecule has 7 heteroatoms. The Labute approximate surface area is 140 Å². The van der Waals surface area contributed by atoms with Crippen LogP contribution in [0.1, 0.15) is 54.4 Å². The molecule has 2 aliphatic heterocycles. The van der Waals surface area contributed by atoms with Gasteiger partial charge in [0.15, 0.2) is 0 Å². The van der Waals surface area contributed by atoms with E-state index in [4.69, 9.17) is 4.74 Å². The van der Waals surface area contributed by atoms with E-state index in [1.807, 2.05) is 13.8 Å². The Morgan fingerprint density at radius 1 is 1.39 bits per heavy atom. The predicted molar refractivity (Wildman–Crippen MR) is 87.7 cm³/mol. The van der Waals surface area contributed by atoms with Gasteiger partial charge in [-0.2, -0.15) is 0 Å². The number of nitrogens with one attached hydrogen (secondary N) is 1. The van der Waals surface area contributed by atoms with Crippen molar-refractivity contribution in [2.24, 2.45) is 5.92 Å². The van der Waals surface area contributed by atoms with Crippen LogP contribution in [0.25, 0.3) is 0 Å². The van der Waals surface area contributed by atoms with Crippen LogP contribution in [0.2, 0.25) is 0 Å². The first kappa shape index (κ1) is 15.5. The number of fused-ring (bicyclic) bond motifs is 1. The molecule has 4 rings (SSSR count). The lowest BCUT2D eigenvalue weighted by molar-refractivity contribution is -0.0747. The maximum Gasteiger partial charge on any atom is 0.265 e. The van der Waals surface area contributed by atoms with Crippen molar-refractivity contribution in [3.8, 4) is 0 Å². The lowest BCUT2D eigenvalue weighted by Gasteiger charge is -2.51. The van der Waals surface area contributed by atoms with Crippen molar-refractivity contribution in [2.75, 3.05) is 19.7 Å². The number of hydrogen-bond donors (Lipinski definition) is 1. The maximum absolute atomic E-state index is 12.7. The van der Waals surface area contributed by atoms with E-state index in [1.54, 1.807) is 0 Å². The van der Waals surface area contributed by atoms with Crippen molar-refractivity contribution >= 4 is 17.4 Å². The summed E-state index contributed by atoms with van der Waals surface area (Å²) in [5, 5.41) is 7.41. The second kappa shape index (κ2) is 6.11. The Hall–Kier alpha value is -1.05. The van der Waals surface area contributed by atoms with Crippen molar-refractivity contribution in [3.63, 3.8) is 0 Å². The van der Waals surface area contributed by atoms with E-state index in [-0.39, 0.29) is 17.9 Å². The molecule has 6 nitrogen and oxygen atoms in total. The summed E-state index contributed by atoms with van der Waals surface area (Å²) in [6.45, 7) is 7.17. The number of rotatable bonds is 4. The summed E-state index contributed by atoms with van der Waals surface area (Å²) in [5.41, 5.74) is 0.809. The molecule has 2 saturated heterocycles. The molecule has 0 bridgehead atoms. The zero-order valence-corrected chi connectivity index (χ0v) is 14.5. The number of aromatic nitrogens is 2. The predicted octanol–water partition coefficient (Wildman–Crippen LogP) is 1.64. The highest BCUT2D eigenvalue weighted by molar-refractivity contribution is 7.08. The zero-order chi connectivity index (χ0) is 16.0. The molecule has 126 valence electrons. The Kier molecular flexibility index (Phi) is 4.11. The van der Waals surface area contributed by atoms with Crippen LogP contribution in [0.3, 0.4) is 0 Å². The lowest BCUT2D eigenvalue weighted by atomic mass is 9.70. The van der Waals surface area contributed by atoms with Gasteiger partial charge >= 0.3 is 0 Å². The number of ether oxygens (including phenoxy) is 1. The largest absolute Gasteiger partial charge is 0.376 e. The van der Waals surface area contributed by atoms with Crippen LogP contribution >= 0.6 is 11.5 Å². The standard InChI is InChI=1S/C16H24N4O2S/c1-9(2)11-15(23-19-18-11)16(21)17-12-10-5-8-22-14(10)13(12)20-6-3-4-7-20/h9-10,12-14H,3-8H2,1-2H3,(H,17,21). The molecular formula is C16H24N4O2S. The lowest BCUT2D eigenvalue weighted by Crippen LogP contribution is -2.70. The number of hydrogen-bond acceptors (Lipinski definition) is 6. The normalized spacial score (nSPS) is 33.7. The molecule has 1 N–H and O–H groups in total. The van der Waals surface area contributed by atoms with Crippen molar-refractivity contribution in [1.82, 2.24) is 19.8 Å². The third kappa shape index (κ3) is 2.58. The molecule has 1 aromatic rings. The van der Waals surface area contributed by atoms with Crippen LogP contribution in [-0.2, 0) is 4.74 Å². The minimum Gasteiger partial charge on any atom is -0.376 e. The van der Waals surface area contributed by atoms with Crippen molar-refractivity contribution in [1.29, 1.82) is 0 Å². The summed E-state index contributed by atoms with van der Waals surface area (Å²) in [7, 11) is 0. The fraction of sp³-hybridized carbons (Fsp3) is 0.812. The minimum atomic E-state index is -0.0109. The number of carbonyl (C=O) groups excluding carboxylic acids is 1. The molecule has 3 aliphatic rings. The van der Waals surface area contributed by atoms with E-state index in [0.29, 0.717) is 22.9 Å². The molecule has 23 heavy (non-hydrogen) atoms. The van der Waals surface area contributed by atoms with Gasteiger partial charge in [0.2, 0.25) is 0 Å². The fourth-order valence-electron chi connectivity index (χ4n) is 4.29. The molecule has 0 aromatic carbocycles. The van der Waals surface area contributed by atoms with E-state index in [0.717, 1.165) is 31.8 Å². The monoisotopic (exact) mass is 336 g/mol.